The molecule has 0 unspecified atom stereocenters. The van der Waals surface area contributed by atoms with Crippen molar-refractivity contribution in [2.24, 2.45) is 0 Å². The zero-order valence-corrected chi connectivity index (χ0v) is 17.0. The summed E-state index contributed by atoms with van der Waals surface area (Å²) in [6.07, 6.45) is 0.639. The molecule has 0 spiro atoms. The number of hydrogen-bond donors (Lipinski definition) is 0. The zero-order chi connectivity index (χ0) is 20.4. The van der Waals surface area contributed by atoms with Crippen molar-refractivity contribution < 1.29 is 13.2 Å². The second-order valence-electron chi connectivity index (χ2n) is 7.11. The van der Waals surface area contributed by atoms with Gasteiger partial charge in [-0.05, 0) is 47.9 Å². The number of benzene rings is 3. The predicted octanol–water partition coefficient (Wildman–Crippen LogP) is 3.71. The highest BCUT2D eigenvalue weighted by Crippen LogP contribution is 2.32. The van der Waals surface area contributed by atoms with Gasteiger partial charge >= 0.3 is 0 Å². The van der Waals surface area contributed by atoms with Gasteiger partial charge in [0.1, 0.15) is 0 Å². The highest BCUT2D eigenvalue weighted by molar-refractivity contribution is 7.89. The average Bonchev–Trinajstić information content (AvgIpc) is 3.18. The molecular formula is C23H22N2O3S. The van der Waals surface area contributed by atoms with E-state index in [1.807, 2.05) is 48.5 Å². The highest BCUT2D eigenvalue weighted by atomic mass is 32.2. The van der Waals surface area contributed by atoms with E-state index < -0.39 is 10.0 Å². The third-order valence-electron chi connectivity index (χ3n) is 5.17. The summed E-state index contributed by atoms with van der Waals surface area (Å²) in [7, 11) is -2.03. The lowest BCUT2D eigenvalue weighted by Crippen LogP contribution is -2.29. The molecule has 29 heavy (non-hydrogen) atoms. The number of nitrogens with zero attached hydrogens (tertiary/aromatic N) is 2. The van der Waals surface area contributed by atoms with Crippen molar-refractivity contribution in [2.45, 2.75) is 17.9 Å². The van der Waals surface area contributed by atoms with Crippen molar-refractivity contribution in [1.82, 2.24) is 4.31 Å². The normalized spacial score (nSPS) is 13.5. The quantitative estimate of drug-likeness (QED) is 0.649. The van der Waals surface area contributed by atoms with Gasteiger partial charge in [0.05, 0.1) is 4.90 Å². The minimum absolute atomic E-state index is 0.0684. The Kier molecular flexibility index (Phi) is 5.22. The minimum Gasteiger partial charge on any atom is -0.308 e. The zero-order valence-electron chi connectivity index (χ0n) is 16.2. The SMILES string of the molecule is CN(Cc1ccccc1)S(=O)(=O)c1ccc2c(c1)CCN2C(=O)c1ccccc1. The maximum atomic E-state index is 13.0. The lowest BCUT2D eigenvalue weighted by atomic mass is 10.1. The van der Waals surface area contributed by atoms with E-state index in [0.29, 0.717) is 25.1 Å². The summed E-state index contributed by atoms with van der Waals surface area (Å²) < 4.78 is 27.4. The van der Waals surface area contributed by atoms with E-state index in [2.05, 4.69) is 0 Å². The third kappa shape index (κ3) is 3.81. The van der Waals surface area contributed by atoms with Gasteiger partial charge in [-0.3, -0.25) is 4.79 Å². The number of rotatable bonds is 5. The van der Waals surface area contributed by atoms with Gasteiger partial charge < -0.3 is 4.90 Å². The smallest absolute Gasteiger partial charge is 0.258 e. The minimum atomic E-state index is -3.62. The van der Waals surface area contributed by atoms with Crippen LogP contribution in [0, 0.1) is 0 Å². The van der Waals surface area contributed by atoms with Crippen LogP contribution in [-0.2, 0) is 23.0 Å². The van der Waals surface area contributed by atoms with Crippen LogP contribution in [0.3, 0.4) is 0 Å². The number of hydrogen-bond acceptors (Lipinski definition) is 3. The molecule has 0 fully saturated rings. The second kappa shape index (κ2) is 7.81. The maximum Gasteiger partial charge on any atom is 0.258 e. The van der Waals surface area contributed by atoms with Gasteiger partial charge in [-0.15, -0.1) is 0 Å². The fourth-order valence-corrected chi connectivity index (χ4v) is 4.80. The highest BCUT2D eigenvalue weighted by Gasteiger charge is 2.28. The molecule has 0 bridgehead atoms. The lowest BCUT2D eigenvalue weighted by molar-refractivity contribution is 0.0989. The summed E-state index contributed by atoms with van der Waals surface area (Å²) in [5.74, 6) is -0.0684. The van der Waals surface area contributed by atoms with E-state index in [1.165, 1.54) is 4.31 Å². The van der Waals surface area contributed by atoms with Crippen molar-refractivity contribution in [2.75, 3.05) is 18.5 Å². The van der Waals surface area contributed by atoms with Crippen LogP contribution in [0.4, 0.5) is 5.69 Å². The molecule has 0 atom stereocenters. The molecule has 0 N–H and O–H groups in total. The Morgan fingerprint density at radius 1 is 0.966 bits per heavy atom. The summed E-state index contributed by atoms with van der Waals surface area (Å²) in [4.78, 5) is 14.8. The van der Waals surface area contributed by atoms with Crippen molar-refractivity contribution in [3.05, 3.63) is 95.6 Å². The maximum absolute atomic E-state index is 13.0. The third-order valence-corrected chi connectivity index (χ3v) is 6.97. The first-order valence-electron chi connectivity index (χ1n) is 9.47. The Bertz CT molecular complexity index is 1130. The molecule has 1 amide bonds. The summed E-state index contributed by atoms with van der Waals surface area (Å²) >= 11 is 0. The first-order valence-corrected chi connectivity index (χ1v) is 10.9. The van der Waals surface area contributed by atoms with Crippen molar-refractivity contribution in [3.8, 4) is 0 Å². The first-order chi connectivity index (χ1) is 14.0. The molecule has 1 heterocycles. The molecule has 148 valence electrons. The molecule has 0 aliphatic carbocycles. The molecule has 1 aliphatic rings. The molecule has 0 saturated carbocycles. The van der Waals surface area contributed by atoms with Crippen LogP contribution in [0.2, 0.25) is 0 Å². The van der Waals surface area contributed by atoms with Crippen LogP contribution in [0.15, 0.2) is 83.8 Å². The second-order valence-corrected chi connectivity index (χ2v) is 9.15. The molecule has 4 rings (SSSR count). The van der Waals surface area contributed by atoms with E-state index in [1.54, 1.807) is 42.3 Å². The number of sulfonamides is 1. The van der Waals surface area contributed by atoms with Crippen molar-refractivity contribution in [1.29, 1.82) is 0 Å². The van der Waals surface area contributed by atoms with Crippen molar-refractivity contribution >= 4 is 21.6 Å². The van der Waals surface area contributed by atoms with E-state index in [9.17, 15) is 13.2 Å². The summed E-state index contributed by atoms with van der Waals surface area (Å²) in [5, 5.41) is 0. The molecule has 6 heteroatoms. The van der Waals surface area contributed by atoms with Crippen LogP contribution < -0.4 is 4.90 Å². The van der Waals surface area contributed by atoms with Crippen LogP contribution in [0.5, 0.6) is 0 Å². The Balaban J connectivity index is 1.58. The molecule has 3 aromatic rings. The average molecular weight is 407 g/mol. The molecule has 0 saturated heterocycles. The Morgan fingerprint density at radius 2 is 1.62 bits per heavy atom. The van der Waals surface area contributed by atoms with E-state index >= 15 is 0 Å². The number of fused-ring (bicyclic) bond motifs is 1. The van der Waals surface area contributed by atoms with Gasteiger partial charge in [-0.2, -0.15) is 4.31 Å². The predicted molar refractivity (Wildman–Crippen MR) is 113 cm³/mol. The molecule has 3 aromatic carbocycles. The number of carbonyl (C=O) groups excluding carboxylic acids is 1. The Morgan fingerprint density at radius 3 is 2.31 bits per heavy atom. The molecule has 5 nitrogen and oxygen atoms in total. The molecular weight excluding hydrogens is 384 g/mol. The first kappa shape index (κ1) is 19.4. The molecule has 0 aromatic heterocycles. The largest absolute Gasteiger partial charge is 0.308 e. The topological polar surface area (TPSA) is 57.7 Å². The molecule has 1 aliphatic heterocycles. The van der Waals surface area contributed by atoms with Gasteiger partial charge in [-0.1, -0.05) is 48.5 Å². The van der Waals surface area contributed by atoms with E-state index in [0.717, 1.165) is 16.8 Å². The summed E-state index contributed by atoms with van der Waals surface area (Å²) in [6.45, 7) is 0.852. The van der Waals surface area contributed by atoms with Crippen LogP contribution in [0.1, 0.15) is 21.5 Å². The monoisotopic (exact) mass is 406 g/mol. The van der Waals surface area contributed by atoms with E-state index in [4.69, 9.17) is 0 Å². The Labute approximate surface area is 171 Å². The van der Waals surface area contributed by atoms with Gasteiger partial charge in [-0.25, -0.2) is 8.42 Å². The van der Waals surface area contributed by atoms with E-state index in [-0.39, 0.29) is 10.8 Å². The van der Waals surface area contributed by atoms with Gasteiger partial charge in [0.2, 0.25) is 10.0 Å². The van der Waals surface area contributed by atoms with Crippen LogP contribution >= 0.6 is 0 Å². The van der Waals surface area contributed by atoms with Crippen molar-refractivity contribution in [3.63, 3.8) is 0 Å². The number of anilines is 1. The van der Waals surface area contributed by atoms with Crippen LogP contribution in [-0.4, -0.2) is 32.2 Å². The lowest BCUT2D eigenvalue weighted by Gasteiger charge is -2.19. The number of carbonyl (C=O) groups is 1. The summed E-state index contributed by atoms with van der Waals surface area (Å²) in [6, 6.07) is 23.7. The van der Waals surface area contributed by atoms with Gasteiger partial charge in [0.15, 0.2) is 0 Å². The fraction of sp³-hybridized carbons (Fsp3) is 0.174. The van der Waals surface area contributed by atoms with Gasteiger partial charge in [0, 0.05) is 31.4 Å². The van der Waals surface area contributed by atoms with Gasteiger partial charge in [0.25, 0.3) is 5.91 Å². The Hall–Kier alpha value is -2.96. The summed E-state index contributed by atoms with van der Waals surface area (Å²) in [5.41, 5.74) is 3.21. The molecule has 0 radical (unpaired) electrons. The standard InChI is InChI=1S/C23H22N2O3S/c1-24(17-18-8-4-2-5-9-18)29(27,28)21-12-13-22-20(16-21)14-15-25(22)23(26)19-10-6-3-7-11-19/h2-13,16H,14-15,17H2,1H3. The number of amides is 1. The fourth-order valence-electron chi connectivity index (χ4n) is 3.59. The van der Waals surface area contributed by atoms with Crippen LogP contribution in [0.25, 0.3) is 0 Å².